The largest absolute Gasteiger partial charge is 0.376 e. The molecule has 33 heavy (non-hydrogen) atoms. The molecule has 0 spiro atoms. The molecule has 0 aromatic heterocycles. The molecule has 0 saturated carbocycles. The summed E-state index contributed by atoms with van der Waals surface area (Å²) in [5.74, 6) is -0.208. The van der Waals surface area contributed by atoms with E-state index < -0.39 is 53.7 Å². The number of rotatable bonds is 11. The van der Waals surface area contributed by atoms with E-state index in [0.717, 1.165) is 0 Å². The quantitative estimate of drug-likeness (QED) is 0.221. The number of hydrogen-bond acceptors (Lipinski definition) is 8. The highest BCUT2D eigenvalue weighted by Gasteiger charge is 2.46. The van der Waals surface area contributed by atoms with Crippen molar-refractivity contribution >= 4 is 16.1 Å². The monoisotopic (exact) mass is 511 g/mol. The fourth-order valence-corrected chi connectivity index (χ4v) is 8.32. The van der Waals surface area contributed by atoms with Crippen LogP contribution in [0.4, 0.5) is 0 Å². The summed E-state index contributed by atoms with van der Waals surface area (Å²) in [5, 5.41) is 0. The highest BCUT2D eigenvalue weighted by atomic mass is 31.2. The van der Waals surface area contributed by atoms with Crippen molar-refractivity contribution in [3.05, 3.63) is 11.4 Å². The second-order valence-corrected chi connectivity index (χ2v) is 12.5. The lowest BCUT2D eigenvalue weighted by Gasteiger charge is -2.39. The summed E-state index contributed by atoms with van der Waals surface area (Å²) < 4.78 is 74.9. The average molecular weight is 512 g/mol. The van der Waals surface area contributed by atoms with Crippen molar-refractivity contribution in [1.82, 2.24) is 4.67 Å². The predicted molar refractivity (Wildman–Crippen MR) is 127 cm³/mol. The van der Waals surface area contributed by atoms with Gasteiger partial charge in [-0.2, -0.15) is 0 Å². The van der Waals surface area contributed by atoms with Crippen LogP contribution in [0.3, 0.4) is 0 Å². The zero-order chi connectivity index (χ0) is 26.5. The topological polar surface area (TPSA) is 80.1 Å². The smallest absolute Gasteiger partial charge is 0.331 e. The van der Waals surface area contributed by atoms with E-state index >= 15 is 0 Å². The van der Waals surface area contributed by atoms with E-state index in [4.69, 9.17) is 38.3 Å². The fraction of sp³-hybridized carbons (Fsp3) is 0.955. The molecule has 11 heteroatoms. The minimum absolute atomic E-state index is 0.0785. The van der Waals surface area contributed by atoms with Gasteiger partial charge in [-0.1, -0.05) is 0 Å². The maximum Gasteiger partial charge on any atom is 0.331 e. The van der Waals surface area contributed by atoms with Gasteiger partial charge in [0.25, 0.3) is 8.53 Å². The molecule has 0 N–H and O–H groups in total. The summed E-state index contributed by atoms with van der Waals surface area (Å²) >= 11 is 0. The summed E-state index contributed by atoms with van der Waals surface area (Å²) in [7, 11) is -5.02. The first kappa shape index (κ1) is 23.3. The summed E-state index contributed by atoms with van der Waals surface area (Å²) in [4.78, 5) is 3.38. The first-order valence-corrected chi connectivity index (χ1v) is 14.5. The Morgan fingerprint density at radius 2 is 1.97 bits per heavy atom. The molecule has 0 amide bonds. The molecule has 3 heterocycles. The zero-order valence-electron chi connectivity index (χ0n) is 23.0. The lowest BCUT2D eigenvalue weighted by atomic mass is 9.97. The Kier molecular flexibility index (Phi) is 8.97. The van der Waals surface area contributed by atoms with E-state index in [0.29, 0.717) is 12.8 Å². The van der Waals surface area contributed by atoms with E-state index in [1.165, 1.54) is 0 Å². The van der Waals surface area contributed by atoms with Crippen LogP contribution in [0.25, 0.3) is 4.85 Å². The summed E-state index contributed by atoms with van der Waals surface area (Å²) in [5.41, 5.74) is 0. The van der Waals surface area contributed by atoms with Gasteiger partial charge in [-0.15, -0.1) is 0 Å². The third kappa shape index (κ3) is 7.43. The predicted octanol–water partition coefficient (Wildman–Crippen LogP) is 4.87. The van der Waals surface area contributed by atoms with Crippen molar-refractivity contribution < 1.29 is 36.2 Å². The van der Waals surface area contributed by atoms with Crippen molar-refractivity contribution in [3.63, 3.8) is 0 Å². The maximum atomic E-state index is 13.6. The maximum absolute atomic E-state index is 13.6. The van der Waals surface area contributed by atoms with Crippen LogP contribution in [0.5, 0.6) is 0 Å². The summed E-state index contributed by atoms with van der Waals surface area (Å²) in [6.07, 6.45) is -0.825. The number of nitrogens with zero attached hydrogens (tertiary/aromatic N) is 2. The SMILES string of the molecule is [2H]C[C@H]1O[C@H]([3H])C[C@@H]1O[P@]1(=O)C[C@H]([C@H]2O[C@H]([3H])C[C@@H]2OP(OCC[N+]#[C-])N(C(C)C)C(C)C)CCO1. The molecule has 0 aromatic carbocycles. The van der Waals surface area contributed by atoms with E-state index in [2.05, 4.69) is 37.2 Å². The number of ether oxygens (including phenoxy) is 2. The second-order valence-electron chi connectivity index (χ2n) is 9.06. The molecule has 0 radical (unpaired) electrons. The van der Waals surface area contributed by atoms with Crippen molar-refractivity contribution in [3.8, 4) is 0 Å². The van der Waals surface area contributed by atoms with Crippen LogP contribution in [0, 0.1) is 12.5 Å². The van der Waals surface area contributed by atoms with E-state index in [1.54, 1.807) is 0 Å². The normalized spacial score (nSPS) is 41.8. The molecule has 0 aromatic rings. The van der Waals surface area contributed by atoms with Gasteiger partial charge in [0.15, 0.2) is 0 Å². The van der Waals surface area contributed by atoms with Crippen LogP contribution in [-0.2, 0) is 32.1 Å². The van der Waals surface area contributed by atoms with Crippen LogP contribution in [0.2, 0.25) is 0 Å². The third-order valence-corrected chi connectivity index (χ3v) is 10.1. The molecule has 3 saturated heterocycles. The van der Waals surface area contributed by atoms with Gasteiger partial charge in [-0.3, -0.25) is 4.57 Å². The molecule has 190 valence electrons. The molecule has 3 rings (SSSR count). The van der Waals surface area contributed by atoms with Crippen LogP contribution in [0.15, 0.2) is 0 Å². The average Bonchev–Trinajstić information content (AvgIpc) is 3.33. The second kappa shape index (κ2) is 12.7. The summed E-state index contributed by atoms with van der Waals surface area (Å²) in [6.45, 7) is 14.4. The molecule has 3 aliphatic heterocycles. The molecule has 3 fully saturated rings. The number of hydrogen-bond donors (Lipinski definition) is 0. The molecule has 1 unspecified atom stereocenters. The van der Waals surface area contributed by atoms with E-state index in [1.807, 2.05) is 0 Å². The molecule has 9 atom stereocenters. The zero-order valence-corrected chi connectivity index (χ0v) is 21.8. The first-order valence-electron chi connectivity index (χ1n) is 13.5. The molecular weight excluding hydrogens is 466 g/mol. The van der Waals surface area contributed by atoms with Crippen molar-refractivity contribution in [2.75, 3.05) is 39.1 Å². The van der Waals surface area contributed by atoms with Gasteiger partial charge in [0, 0.05) is 39.0 Å². The molecule has 0 bridgehead atoms. The Balaban J connectivity index is 1.72. The van der Waals surface area contributed by atoms with Gasteiger partial charge in [0.2, 0.25) is 6.54 Å². The Bertz CT molecular complexity index is 785. The lowest BCUT2D eigenvalue weighted by molar-refractivity contribution is -0.00650. The molecule has 3 aliphatic rings. The van der Waals surface area contributed by atoms with Gasteiger partial charge in [-0.05, 0) is 47.4 Å². The molecule has 9 nitrogen and oxygen atoms in total. The minimum Gasteiger partial charge on any atom is -0.376 e. The summed E-state index contributed by atoms with van der Waals surface area (Å²) in [6, 6.07) is 0.292. The van der Waals surface area contributed by atoms with Crippen molar-refractivity contribution in [2.24, 2.45) is 5.92 Å². The van der Waals surface area contributed by atoms with Gasteiger partial charge in [0.1, 0.15) is 6.61 Å². The highest BCUT2D eigenvalue weighted by molar-refractivity contribution is 7.53. The van der Waals surface area contributed by atoms with Crippen LogP contribution < -0.4 is 0 Å². The van der Waals surface area contributed by atoms with Crippen LogP contribution >= 0.6 is 16.1 Å². The van der Waals surface area contributed by atoms with Gasteiger partial charge < -0.3 is 32.4 Å². The standard InChI is InChI=1S/C22H40N2O7P2/c1-16(2)24(17(3)4)32(28-14-10-23-6)30-21-9-12-27-22(21)19-7-13-29-33(25,15-19)31-20-8-11-26-18(20)5/h16-22H,7-15H2,1-5H3/t18-,19-,20+,21+,22-,32?,33+/m1/s1/i5D,11T,12T/t11-,12-,18-,19-,20+,21+,22-,32?,33+. The van der Waals surface area contributed by atoms with Crippen LogP contribution in [-0.4, -0.2) is 80.3 Å². The van der Waals surface area contributed by atoms with Gasteiger partial charge in [-0.25, -0.2) is 11.2 Å². The molecular formula is C22H40N2O7P2. The highest BCUT2D eigenvalue weighted by Crippen LogP contribution is 2.57. The Morgan fingerprint density at radius 3 is 2.67 bits per heavy atom. The molecule has 0 aliphatic carbocycles. The fourth-order valence-electron chi connectivity index (χ4n) is 4.35. The van der Waals surface area contributed by atoms with Crippen LogP contribution in [0.1, 0.15) is 58.0 Å². The third-order valence-electron chi connectivity index (χ3n) is 5.84. The van der Waals surface area contributed by atoms with E-state index in [-0.39, 0.29) is 57.2 Å². The van der Waals surface area contributed by atoms with E-state index in [9.17, 15) is 4.57 Å². The van der Waals surface area contributed by atoms with Crippen molar-refractivity contribution in [1.29, 1.82) is 0 Å². The lowest BCUT2D eigenvalue weighted by Crippen LogP contribution is -2.39. The van der Waals surface area contributed by atoms with Gasteiger partial charge in [0.05, 0.1) is 39.9 Å². The Hall–Kier alpha value is -0.130. The van der Waals surface area contributed by atoms with Gasteiger partial charge >= 0.3 is 7.60 Å². The first-order chi connectivity index (χ1) is 17.1. The Labute approximate surface area is 204 Å². The van der Waals surface area contributed by atoms with Crippen molar-refractivity contribution in [2.45, 2.75) is 90.4 Å². The Morgan fingerprint density at radius 1 is 1.24 bits per heavy atom. The minimum atomic E-state index is -3.51.